The molecule has 0 aliphatic carbocycles. The third kappa shape index (κ3) is 2.76. The minimum absolute atomic E-state index is 0.220. The molecule has 1 amide bonds. The topological polar surface area (TPSA) is 101 Å². The maximum atomic E-state index is 12.5. The van der Waals surface area contributed by atoms with Crippen LogP contribution in [0.4, 0.5) is 11.4 Å². The van der Waals surface area contributed by atoms with Crippen LogP contribution in [0.1, 0.15) is 17.4 Å². The number of nitrogens with one attached hydrogen (secondary N) is 2. The lowest BCUT2D eigenvalue weighted by Crippen LogP contribution is -2.13. The average molecular weight is 411 g/mol. The number of hydrogen-bond acceptors (Lipinski definition) is 6. The van der Waals surface area contributed by atoms with Crippen molar-refractivity contribution < 1.29 is 17.6 Å². The van der Waals surface area contributed by atoms with E-state index in [-0.39, 0.29) is 16.0 Å². The van der Waals surface area contributed by atoms with Crippen molar-refractivity contribution in [3.8, 4) is 0 Å². The van der Waals surface area contributed by atoms with Gasteiger partial charge < -0.3 is 9.73 Å². The van der Waals surface area contributed by atoms with Crippen LogP contribution in [0.5, 0.6) is 0 Å². The Hall–Kier alpha value is -3.17. The lowest BCUT2D eigenvalue weighted by atomic mass is 10.0. The third-order valence-electron chi connectivity index (χ3n) is 4.45. The van der Waals surface area contributed by atoms with Crippen molar-refractivity contribution in [1.29, 1.82) is 0 Å². The Balaban J connectivity index is 1.54. The molecule has 28 heavy (non-hydrogen) atoms. The predicted octanol–water partition coefficient (Wildman–Crippen LogP) is 3.77. The van der Waals surface area contributed by atoms with Gasteiger partial charge in [-0.2, -0.15) is 0 Å². The van der Waals surface area contributed by atoms with E-state index in [1.54, 1.807) is 35.7 Å². The fourth-order valence-corrected chi connectivity index (χ4v) is 5.25. The van der Waals surface area contributed by atoms with Crippen LogP contribution in [0, 0.1) is 0 Å². The van der Waals surface area contributed by atoms with Crippen molar-refractivity contribution >= 4 is 49.7 Å². The summed E-state index contributed by atoms with van der Waals surface area (Å²) in [6, 6.07) is 15.4. The smallest absolute Gasteiger partial charge is 0.271 e. The molecule has 140 valence electrons. The van der Waals surface area contributed by atoms with E-state index >= 15 is 0 Å². The van der Waals surface area contributed by atoms with E-state index in [1.807, 2.05) is 18.2 Å². The number of oxazole rings is 1. The molecule has 0 fully saturated rings. The van der Waals surface area contributed by atoms with Crippen molar-refractivity contribution in [3.05, 3.63) is 71.4 Å². The average Bonchev–Trinajstić information content (AvgIpc) is 3.38. The number of carbonyl (C=O) groups is 1. The van der Waals surface area contributed by atoms with Gasteiger partial charge in [0.05, 0.1) is 0 Å². The second-order valence-corrected chi connectivity index (χ2v) is 9.14. The van der Waals surface area contributed by atoms with Gasteiger partial charge in [-0.15, -0.1) is 11.3 Å². The van der Waals surface area contributed by atoms with Crippen molar-refractivity contribution in [2.24, 2.45) is 0 Å². The van der Waals surface area contributed by atoms with Crippen molar-refractivity contribution in [2.45, 2.75) is 10.1 Å². The second-order valence-electron chi connectivity index (χ2n) is 6.28. The van der Waals surface area contributed by atoms with Gasteiger partial charge in [-0.1, -0.05) is 18.2 Å². The third-order valence-corrected chi connectivity index (χ3v) is 7.23. The lowest BCUT2D eigenvalue weighted by molar-refractivity contribution is -0.116. The molecule has 5 rings (SSSR count). The summed E-state index contributed by atoms with van der Waals surface area (Å²) in [6.07, 6.45) is 0. The van der Waals surface area contributed by atoms with Crippen molar-refractivity contribution in [1.82, 2.24) is 4.98 Å². The number of fused-ring (bicyclic) bond motifs is 2. The first-order chi connectivity index (χ1) is 13.5. The van der Waals surface area contributed by atoms with Gasteiger partial charge in [0.1, 0.15) is 15.6 Å². The zero-order valence-electron chi connectivity index (χ0n) is 14.2. The Labute approximate surface area is 164 Å². The number of amides is 1. The summed E-state index contributed by atoms with van der Waals surface area (Å²) in [5, 5.41) is 4.49. The molecule has 0 radical (unpaired) electrons. The Morgan fingerprint density at radius 2 is 1.96 bits per heavy atom. The Kier molecular flexibility index (Phi) is 3.74. The van der Waals surface area contributed by atoms with Crippen LogP contribution in [0.2, 0.25) is 0 Å². The van der Waals surface area contributed by atoms with E-state index in [1.165, 1.54) is 6.07 Å². The predicted molar refractivity (Wildman–Crippen MR) is 106 cm³/mol. The Morgan fingerprint density at radius 3 is 2.75 bits per heavy atom. The highest BCUT2D eigenvalue weighted by atomic mass is 32.2. The number of nitrogens with zero attached hydrogens (tertiary/aromatic N) is 1. The number of para-hydroxylation sites is 2. The Morgan fingerprint density at radius 1 is 1.11 bits per heavy atom. The zero-order chi connectivity index (χ0) is 19.3. The quantitative estimate of drug-likeness (QED) is 0.532. The van der Waals surface area contributed by atoms with Crippen molar-refractivity contribution in [3.63, 3.8) is 0 Å². The van der Waals surface area contributed by atoms with E-state index in [0.717, 1.165) is 11.3 Å². The minimum Gasteiger partial charge on any atom is -0.439 e. The van der Waals surface area contributed by atoms with E-state index < -0.39 is 15.9 Å². The highest BCUT2D eigenvalue weighted by molar-refractivity contribution is 7.94. The summed E-state index contributed by atoms with van der Waals surface area (Å²) < 4.78 is 33.5. The summed E-state index contributed by atoms with van der Waals surface area (Å²) in [4.78, 5) is 17.0. The standard InChI is InChI=1S/C19H13N3O4S2/c23-18-17(19-21-14-4-1-2-5-15(14)26-19)12-10-11(7-8-13(12)20-18)22-28(24,25)16-6-3-9-27-16/h1-10,17,22H,(H,20,23). The molecule has 0 saturated heterocycles. The Bertz CT molecular complexity index is 1280. The molecule has 0 bridgehead atoms. The molecule has 2 N–H and O–H groups in total. The molecule has 3 heterocycles. The van der Waals surface area contributed by atoms with Gasteiger partial charge in [-0.25, -0.2) is 13.4 Å². The number of benzene rings is 2. The van der Waals surface area contributed by atoms with Crippen LogP contribution >= 0.6 is 11.3 Å². The molecule has 0 spiro atoms. The molecule has 2 aromatic heterocycles. The number of aromatic nitrogens is 1. The molecular weight excluding hydrogens is 398 g/mol. The van der Waals surface area contributed by atoms with E-state index in [4.69, 9.17) is 4.42 Å². The minimum atomic E-state index is -3.68. The van der Waals surface area contributed by atoms with Crippen LogP contribution in [0.15, 0.2) is 68.6 Å². The van der Waals surface area contributed by atoms with E-state index in [9.17, 15) is 13.2 Å². The zero-order valence-corrected chi connectivity index (χ0v) is 15.9. The number of rotatable bonds is 4. The molecule has 4 aromatic rings. The van der Waals surface area contributed by atoms with Crippen LogP contribution in [-0.2, 0) is 14.8 Å². The lowest BCUT2D eigenvalue weighted by Gasteiger charge is -2.09. The normalized spacial score (nSPS) is 16.1. The van der Waals surface area contributed by atoms with Gasteiger partial charge in [-0.3, -0.25) is 9.52 Å². The van der Waals surface area contributed by atoms with Crippen molar-refractivity contribution in [2.75, 3.05) is 10.0 Å². The molecule has 2 aromatic carbocycles. The molecule has 7 nitrogen and oxygen atoms in total. The van der Waals surface area contributed by atoms with Crippen LogP contribution in [0.25, 0.3) is 11.1 Å². The summed E-state index contributed by atoms with van der Waals surface area (Å²) in [5.41, 5.74) is 2.84. The first kappa shape index (κ1) is 17.0. The summed E-state index contributed by atoms with van der Waals surface area (Å²) in [6.45, 7) is 0. The monoisotopic (exact) mass is 411 g/mol. The molecule has 1 unspecified atom stereocenters. The number of sulfonamides is 1. The summed E-state index contributed by atoms with van der Waals surface area (Å²) in [5.74, 6) is -0.732. The fourth-order valence-electron chi connectivity index (χ4n) is 3.21. The first-order valence-electron chi connectivity index (χ1n) is 8.38. The fraction of sp³-hybridized carbons (Fsp3) is 0.0526. The van der Waals surface area contributed by atoms with Crippen LogP contribution in [0.3, 0.4) is 0 Å². The highest BCUT2D eigenvalue weighted by Gasteiger charge is 2.36. The SMILES string of the molecule is O=C1Nc2ccc(NS(=O)(=O)c3cccs3)cc2C1c1nc2ccccc2o1. The molecule has 1 aliphatic heterocycles. The molecule has 9 heteroatoms. The number of carbonyl (C=O) groups excluding carboxylic acids is 1. The molecular formula is C19H13N3O4S2. The largest absolute Gasteiger partial charge is 0.439 e. The van der Waals surface area contributed by atoms with E-state index in [2.05, 4.69) is 15.0 Å². The molecule has 0 saturated carbocycles. The van der Waals surface area contributed by atoms with Crippen LogP contribution in [-0.4, -0.2) is 19.3 Å². The number of thiophene rings is 1. The van der Waals surface area contributed by atoms with E-state index in [0.29, 0.717) is 28.0 Å². The van der Waals surface area contributed by atoms with Gasteiger partial charge in [0.2, 0.25) is 11.8 Å². The maximum absolute atomic E-state index is 12.5. The van der Waals surface area contributed by atoms with Gasteiger partial charge in [0.25, 0.3) is 10.0 Å². The number of anilines is 2. The molecule has 1 aliphatic rings. The number of hydrogen-bond donors (Lipinski definition) is 2. The van der Waals surface area contributed by atoms with Crippen LogP contribution < -0.4 is 10.0 Å². The first-order valence-corrected chi connectivity index (χ1v) is 10.7. The van der Waals surface area contributed by atoms with Gasteiger partial charge >= 0.3 is 0 Å². The van der Waals surface area contributed by atoms with Gasteiger partial charge in [0, 0.05) is 11.4 Å². The summed E-state index contributed by atoms with van der Waals surface area (Å²) >= 11 is 1.13. The molecule has 1 atom stereocenters. The maximum Gasteiger partial charge on any atom is 0.271 e. The van der Waals surface area contributed by atoms with Gasteiger partial charge in [0.15, 0.2) is 5.58 Å². The van der Waals surface area contributed by atoms with Gasteiger partial charge in [-0.05, 0) is 47.3 Å². The summed E-state index contributed by atoms with van der Waals surface area (Å²) in [7, 11) is -3.68. The highest BCUT2D eigenvalue weighted by Crippen LogP contribution is 2.39. The second kappa shape index (κ2) is 6.18.